The number of hydrogen-bond donors (Lipinski definition) is 2. The molecule has 0 aliphatic heterocycles. The summed E-state index contributed by atoms with van der Waals surface area (Å²) in [5.41, 5.74) is 1.13. The van der Waals surface area contributed by atoms with E-state index in [0.29, 0.717) is 35.8 Å². The standard InChI is InChI=1S/C18H23N3O4/c1-11-8-9-12(10-13(11)16(23)24)19-14(22)6-5-7-15-20-17(21-25-15)18(2,3)4/h8-10H,5-7H2,1-4H3,(H,19,22)(H,23,24). The largest absolute Gasteiger partial charge is 0.478 e. The van der Waals surface area contributed by atoms with E-state index in [1.165, 1.54) is 6.07 Å². The van der Waals surface area contributed by atoms with E-state index in [0.717, 1.165) is 0 Å². The Morgan fingerprint density at radius 2 is 2.00 bits per heavy atom. The number of hydrogen-bond acceptors (Lipinski definition) is 5. The third-order valence-electron chi connectivity index (χ3n) is 3.69. The lowest BCUT2D eigenvalue weighted by atomic mass is 9.96. The summed E-state index contributed by atoms with van der Waals surface area (Å²) in [6, 6.07) is 4.82. The van der Waals surface area contributed by atoms with Gasteiger partial charge in [-0.05, 0) is 31.0 Å². The van der Waals surface area contributed by atoms with Crippen LogP contribution in [0.2, 0.25) is 0 Å². The molecule has 0 aliphatic carbocycles. The third-order valence-corrected chi connectivity index (χ3v) is 3.69. The van der Waals surface area contributed by atoms with E-state index in [2.05, 4.69) is 15.5 Å². The smallest absolute Gasteiger partial charge is 0.336 e. The molecule has 134 valence electrons. The van der Waals surface area contributed by atoms with Crippen molar-refractivity contribution in [2.75, 3.05) is 5.32 Å². The number of benzene rings is 1. The first-order valence-corrected chi connectivity index (χ1v) is 8.13. The van der Waals surface area contributed by atoms with Crippen LogP contribution in [0.25, 0.3) is 0 Å². The zero-order valence-corrected chi connectivity index (χ0v) is 14.9. The number of carbonyl (C=O) groups excluding carboxylic acids is 1. The fourth-order valence-corrected chi connectivity index (χ4v) is 2.21. The summed E-state index contributed by atoms with van der Waals surface area (Å²) in [4.78, 5) is 27.5. The van der Waals surface area contributed by atoms with Crippen molar-refractivity contribution in [1.29, 1.82) is 0 Å². The molecule has 0 atom stereocenters. The van der Waals surface area contributed by atoms with Gasteiger partial charge in [-0.25, -0.2) is 4.79 Å². The number of nitrogens with one attached hydrogen (secondary N) is 1. The van der Waals surface area contributed by atoms with Crippen molar-refractivity contribution in [3.8, 4) is 0 Å². The van der Waals surface area contributed by atoms with Gasteiger partial charge in [-0.15, -0.1) is 0 Å². The van der Waals surface area contributed by atoms with Gasteiger partial charge in [-0.1, -0.05) is 32.0 Å². The van der Waals surface area contributed by atoms with Crippen LogP contribution in [-0.2, 0) is 16.6 Å². The van der Waals surface area contributed by atoms with Crippen LogP contribution >= 0.6 is 0 Å². The minimum absolute atomic E-state index is 0.174. The zero-order chi connectivity index (χ0) is 18.6. The van der Waals surface area contributed by atoms with Gasteiger partial charge >= 0.3 is 5.97 Å². The van der Waals surface area contributed by atoms with Gasteiger partial charge in [-0.2, -0.15) is 4.98 Å². The Bertz CT molecular complexity index is 775. The van der Waals surface area contributed by atoms with E-state index in [9.17, 15) is 9.59 Å². The van der Waals surface area contributed by atoms with Crippen LogP contribution in [0.3, 0.4) is 0 Å². The molecule has 1 amide bonds. The lowest BCUT2D eigenvalue weighted by Gasteiger charge is -2.10. The van der Waals surface area contributed by atoms with Crippen molar-refractivity contribution in [2.24, 2.45) is 0 Å². The number of carbonyl (C=O) groups is 2. The van der Waals surface area contributed by atoms with Crippen LogP contribution < -0.4 is 5.32 Å². The van der Waals surface area contributed by atoms with Gasteiger partial charge in [0, 0.05) is 23.9 Å². The maximum atomic E-state index is 12.0. The summed E-state index contributed by atoms with van der Waals surface area (Å²) < 4.78 is 5.19. The minimum Gasteiger partial charge on any atom is -0.478 e. The minimum atomic E-state index is -1.01. The molecule has 0 radical (unpaired) electrons. The molecule has 2 aromatic rings. The number of carboxylic acids is 1. The Balaban J connectivity index is 1.86. The first-order chi connectivity index (χ1) is 11.7. The van der Waals surface area contributed by atoms with Gasteiger partial charge in [0.15, 0.2) is 5.82 Å². The summed E-state index contributed by atoms with van der Waals surface area (Å²) in [6.45, 7) is 7.72. The van der Waals surface area contributed by atoms with Crippen LogP contribution in [-0.4, -0.2) is 27.1 Å². The highest BCUT2D eigenvalue weighted by atomic mass is 16.5. The van der Waals surface area contributed by atoms with E-state index in [-0.39, 0.29) is 23.3 Å². The van der Waals surface area contributed by atoms with Crippen molar-refractivity contribution in [3.63, 3.8) is 0 Å². The van der Waals surface area contributed by atoms with Crippen LogP contribution in [0.5, 0.6) is 0 Å². The number of rotatable bonds is 6. The molecule has 2 N–H and O–H groups in total. The molecule has 0 bridgehead atoms. The van der Waals surface area contributed by atoms with E-state index in [1.54, 1.807) is 19.1 Å². The van der Waals surface area contributed by atoms with E-state index in [4.69, 9.17) is 9.63 Å². The number of carboxylic acid groups (broad SMARTS) is 1. The highest BCUT2D eigenvalue weighted by molar-refractivity contribution is 5.94. The molecule has 0 saturated carbocycles. The average molecular weight is 345 g/mol. The second-order valence-electron chi connectivity index (χ2n) is 7.00. The van der Waals surface area contributed by atoms with Gasteiger partial charge in [0.25, 0.3) is 0 Å². The number of aryl methyl sites for hydroxylation is 2. The van der Waals surface area contributed by atoms with Gasteiger partial charge < -0.3 is 14.9 Å². The highest BCUT2D eigenvalue weighted by Crippen LogP contribution is 2.19. The molecule has 0 unspecified atom stereocenters. The maximum absolute atomic E-state index is 12.0. The molecule has 25 heavy (non-hydrogen) atoms. The van der Waals surface area contributed by atoms with E-state index >= 15 is 0 Å². The van der Waals surface area contributed by atoms with E-state index < -0.39 is 5.97 Å². The summed E-state index contributed by atoms with van der Waals surface area (Å²) >= 11 is 0. The van der Waals surface area contributed by atoms with Crippen LogP contribution in [0.1, 0.15) is 61.2 Å². The molecule has 1 heterocycles. The Morgan fingerprint density at radius 3 is 2.60 bits per heavy atom. The molecular formula is C18H23N3O4. The van der Waals surface area contributed by atoms with E-state index in [1.807, 2.05) is 20.8 Å². The van der Waals surface area contributed by atoms with Crippen molar-refractivity contribution < 1.29 is 19.2 Å². The number of aromatic carboxylic acids is 1. The SMILES string of the molecule is Cc1ccc(NC(=O)CCCc2nc(C(C)(C)C)no2)cc1C(=O)O. The molecule has 0 spiro atoms. The Kier molecular flexibility index (Phi) is 5.56. The van der Waals surface area contributed by atoms with Gasteiger partial charge in [0.2, 0.25) is 11.8 Å². The fourth-order valence-electron chi connectivity index (χ4n) is 2.21. The molecule has 2 rings (SSSR count). The highest BCUT2D eigenvalue weighted by Gasteiger charge is 2.20. The Labute approximate surface area is 146 Å². The topological polar surface area (TPSA) is 105 Å². The summed E-state index contributed by atoms with van der Waals surface area (Å²) in [6.07, 6.45) is 1.36. The molecule has 0 saturated heterocycles. The predicted molar refractivity (Wildman–Crippen MR) is 92.7 cm³/mol. The predicted octanol–water partition coefficient (Wildman–Crippen LogP) is 3.34. The maximum Gasteiger partial charge on any atom is 0.336 e. The molecule has 0 aliphatic rings. The molecule has 0 fully saturated rings. The Hall–Kier alpha value is -2.70. The lowest BCUT2D eigenvalue weighted by Crippen LogP contribution is -2.13. The third kappa shape index (κ3) is 5.14. The number of amides is 1. The van der Waals surface area contributed by atoms with Crippen LogP contribution in [0.15, 0.2) is 22.7 Å². The summed E-state index contributed by atoms with van der Waals surface area (Å²) in [7, 11) is 0. The summed E-state index contributed by atoms with van der Waals surface area (Å²) in [5, 5.41) is 15.8. The van der Waals surface area contributed by atoms with Crippen LogP contribution in [0, 0.1) is 6.92 Å². The van der Waals surface area contributed by atoms with Crippen molar-refractivity contribution >= 4 is 17.6 Å². The lowest BCUT2D eigenvalue weighted by molar-refractivity contribution is -0.116. The van der Waals surface area contributed by atoms with Crippen molar-refractivity contribution in [2.45, 2.75) is 52.4 Å². The van der Waals surface area contributed by atoms with Gasteiger partial charge in [-0.3, -0.25) is 4.79 Å². The second-order valence-corrected chi connectivity index (χ2v) is 7.00. The normalized spacial score (nSPS) is 11.4. The Morgan fingerprint density at radius 1 is 1.28 bits per heavy atom. The number of anilines is 1. The first kappa shape index (κ1) is 18.6. The average Bonchev–Trinajstić information content (AvgIpc) is 2.98. The van der Waals surface area contributed by atoms with Crippen molar-refractivity contribution in [1.82, 2.24) is 10.1 Å². The first-order valence-electron chi connectivity index (χ1n) is 8.13. The van der Waals surface area contributed by atoms with Crippen molar-refractivity contribution in [3.05, 3.63) is 41.0 Å². The van der Waals surface area contributed by atoms with Gasteiger partial charge in [0.1, 0.15) is 0 Å². The quantitative estimate of drug-likeness (QED) is 0.832. The molecule has 1 aromatic carbocycles. The second kappa shape index (κ2) is 7.46. The number of aromatic nitrogens is 2. The molecular weight excluding hydrogens is 322 g/mol. The zero-order valence-electron chi connectivity index (χ0n) is 14.9. The molecule has 7 nitrogen and oxygen atoms in total. The van der Waals surface area contributed by atoms with Gasteiger partial charge in [0.05, 0.1) is 5.56 Å². The summed E-state index contributed by atoms with van der Waals surface area (Å²) in [5.74, 6) is -0.0376. The molecule has 7 heteroatoms. The molecule has 1 aromatic heterocycles. The monoisotopic (exact) mass is 345 g/mol. The fraction of sp³-hybridized carbons (Fsp3) is 0.444. The van der Waals surface area contributed by atoms with Crippen LogP contribution in [0.4, 0.5) is 5.69 Å². The number of nitrogens with zero attached hydrogens (tertiary/aromatic N) is 2.